The van der Waals surface area contributed by atoms with Gasteiger partial charge in [0.25, 0.3) is 0 Å². The molecule has 0 aliphatic rings. The zero-order chi connectivity index (χ0) is 19.5. The number of hydrogen-bond donors (Lipinski definition) is 0. The Bertz CT molecular complexity index is 1110. The van der Waals surface area contributed by atoms with Gasteiger partial charge in [0.15, 0.2) is 0 Å². The lowest BCUT2D eigenvalue weighted by molar-refractivity contribution is 0.753. The van der Waals surface area contributed by atoms with Crippen molar-refractivity contribution in [2.75, 3.05) is 0 Å². The van der Waals surface area contributed by atoms with Gasteiger partial charge in [-0.25, -0.2) is 4.98 Å². The first-order valence-corrected chi connectivity index (χ1v) is 9.66. The van der Waals surface area contributed by atoms with E-state index in [9.17, 15) is 0 Å². The largest absolute Gasteiger partial charge is 0.330 e. The van der Waals surface area contributed by atoms with Gasteiger partial charge >= 0.3 is 0 Å². The second-order valence-corrected chi connectivity index (χ2v) is 7.49. The van der Waals surface area contributed by atoms with E-state index in [1.165, 1.54) is 33.5 Å². The summed E-state index contributed by atoms with van der Waals surface area (Å²) in [5.41, 5.74) is 9.63. The van der Waals surface area contributed by atoms with E-state index in [0.717, 1.165) is 24.4 Å². The lowest BCUT2D eigenvalue weighted by atomic mass is 10.0. The molecule has 3 nitrogen and oxygen atoms in total. The minimum Gasteiger partial charge on any atom is -0.330 e. The molecule has 0 unspecified atom stereocenters. The zero-order valence-electron chi connectivity index (χ0n) is 16.7. The fraction of sp³-hybridized carbons (Fsp3) is 0.200. The monoisotopic (exact) mass is 367 g/mol. The molecule has 140 valence electrons. The summed E-state index contributed by atoms with van der Waals surface area (Å²) in [5.74, 6) is 0. The second-order valence-electron chi connectivity index (χ2n) is 7.49. The predicted octanol–water partition coefficient (Wildman–Crippen LogP) is 5.51. The van der Waals surface area contributed by atoms with Gasteiger partial charge in [-0.1, -0.05) is 54.1 Å². The van der Waals surface area contributed by atoms with Crippen LogP contribution in [0.15, 0.2) is 73.2 Å². The SMILES string of the molecule is Cc1cccc(Cc2cncn2Cc2ccc(-c3cccc(C)n3)c(C)c2)c1. The topological polar surface area (TPSA) is 30.7 Å². The molecule has 3 heteroatoms. The highest BCUT2D eigenvalue weighted by atomic mass is 15.0. The molecule has 0 fully saturated rings. The molecule has 0 amide bonds. The van der Waals surface area contributed by atoms with Gasteiger partial charge in [0, 0.05) is 36.1 Å². The maximum Gasteiger partial charge on any atom is 0.0951 e. The highest BCUT2D eigenvalue weighted by Crippen LogP contribution is 2.23. The summed E-state index contributed by atoms with van der Waals surface area (Å²) in [5, 5.41) is 0. The Kier molecular flexibility index (Phi) is 5.07. The Morgan fingerprint density at radius 1 is 0.857 bits per heavy atom. The normalized spacial score (nSPS) is 11.0. The molecule has 4 aromatic rings. The molecule has 4 rings (SSSR count). The molecule has 0 atom stereocenters. The van der Waals surface area contributed by atoms with Crippen molar-refractivity contribution < 1.29 is 0 Å². The molecule has 0 saturated carbocycles. The molecule has 0 aliphatic carbocycles. The van der Waals surface area contributed by atoms with Crippen molar-refractivity contribution in [2.24, 2.45) is 0 Å². The molecule has 0 saturated heterocycles. The van der Waals surface area contributed by atoms with Crippen LogP contribution < -0.4 is 0 Å². The summed E-state index contributed by atoms with van der Waals surface area (Å²) in [6, 6.07) is 21.5. The molecule has 0 aliphatic heterocycles. The summed E-state index contributed by atoms with van der Waals surface area (Å²) < 4.78 is 2.24. The molecule has 2 aromatic carbocycles. The van der Waals surface area contributed by atoms with Gasteiger partial charge in [-0.05, 0) is 49.6 Å². The molecular formula is C25H25N3. The Morgan fingerprint density at radius 3 is 2.50 bits per heavy atom. The minimum atomic E-state index is 0.823. The van der Waals surface area contributed by atoms with Crippen LogP contribution in [0.1, 0.15) is 33.6 Å². The number of hydrogen-bond acceptors (Lipinski definition) is 2. The molecule has 2 aromatic heterocycles. The van der Waals surface area contributed by atoms with Crippen LogP contribution in [0.5, 0.6) is 0 Å². The van der Waals surface area contributed by atoms with Crippen molar-refractivity contribution in [3.8, 4) is 11.3 Å². The number of pyridine rings is 1. The lowest BCUT2D eigenvalue weighted by Gasteiger charge is -2.12. The van der Waals surface area contributed by atoms with Crippen molar-refractivity contribution in [1.82, 2.24) is 14.5 Å². The first kappa shape index (κ1) is 18.2. The lowest BCUT2D eigenvalue weighted by Crippen LogP contribution is -2.04. The summed E-state index contributed by atoms with van der Waals surface area (Å²) in [7, 11) is 0. The van der Waals surface area contributed by atoms with Gasteiger partial charge in [-0.3, -0.25) is 4.98 Å². The molecule has 0 bridgehead atoms. The molecular weight excluding hydrogens is 342 g/mol. The van der Waals surface area contributed by atoms with Crippen molar-refractivity contribution in [1.29, 1.82) is 0 Å². The average molecular weight is 367 g/mol. The fourth-order valence-electron chi connectivity index (χ4n) is 3.67. The number of rotatable bonds is 5. The quantitative estimate of drug-likeness (QED) is 0.466. The molecule has 2 heterocycles. The summed E-state index contributed by atoms with van der Waals surface area (Å²) in [4.78, 5) is 9.05. The second kappa shape index (κ2) is 7.81. The van der Waals surface area contributed by atoms with E-state index >= 15 is 0 Å². The number of imidazole rings is 1. The van der Waals surface area contributed by atoms with E-state index in [1.807, 2.05) is 25.5 Å². The number of aromatic nitrogens is 3. The molecule has 0 spiro atoms. The number of benzene rings is 2. The summed E-state index contributed by atoms with van der Waals surface area (Å²) in [6.45, 7) is 7.14. The predicted molar refractivity (Wildman–Crippen MR) is 114 cm³/mol. The van der Waals surface area contributed by atoms with E-state index < -0.39 is 0 Å². The Balaban J connectivity index is 1.56. The third-order valence-corrected chi connectivity index (χ3v) is 5.07. The standard InChI is InChI=1S/C25H25N3/c1-18-6-4-8-21(12-18)14-23-15-26-17-28(23)16-22-10-11-24(19(2)13-22)25-9-5-7-20(3)27-25/h4-13,15,17H,14,16H2,1-3H3. The first-order valence-electron chi connectivity index (χ1n) is 9.66. The third kappa shape index (κ3) is 4.04. The third-order valence-electron chi connectivity index (χ3n) is 5.07. The van der Waals surface area contributed by atoms with Gasteiger partial charge in [0.05, 0.1) is 12.0 Å². The minimum absolute atomic E-state index is 0.823. The van der Waals surface area contributed by atoms with Gasteiger partial charge in [-0.2, -0.15) is 0 Å². The smallest absolute Gasteiger partial charge is 0.0951 e. The summed E-state index contributed by atoms with van der Waals surface area (Å²) in [6.07, 6.45) is 4.79. The van der Waals surface area contributed by atoms with Gasteiger partial charge in [-0.15, -0.1) is 0 Å². The van der Waals surface area contributed by atoms with E-state index in [0.29, 0.717) is 0 Å². The van der Waals surface area contributed by atoms with Crippen LogP contribution in [0.25, 0.3) is 11.3 Å². The van der Waals surface area contributed by atoms with Gasteiger partial charge in [0.2, 0.25) is 0 Å². The van der Waals surface area contributed by atoms with Crippen LogP contribution in [0.2, 0.25) is 0 Å². The Labute approximate surface area is 166 Å². The number of nitrogens with zero attached hydrogens (tertiary/aromatic N) is 3. The fourth-order valence-corrected chi connectivity index (χ4v) is 3.67. The van der Waals surface area contributed by atoms with Crippen molar-refractivity contribution in [3.05, 3.63) is 107 Å². The maximum absolute atomic E-state index is 4.66. The van der Waals surface area contributed by atoms with E-state index in [-0.39, 0.29) is 0 Å². The van der Waals surface area contributed by atoms with Crippen molar-refractivity contribution in [3.63, 3.8) is 0 Å². The van der Waals surface area contributed by atoms with Crippen LogP contribution in [-0.2, 0) is 13.0 Å². The molecule has 28 heavy (non-hydrogen) atoms. The van der Waals surface area contributed by atoms with Gasteiger partial charge in [0.1, 0.15) is 0 Å². The Hall–Kier alpha value is -3.20. The molecule has 0 radical (unpaired) electrons. The highest BCUT2D eigenvalue weighted by molar-refractivity contribution is 5.64. The number of aryl methyl sites for hydroxylation is 3. The van der Waals surface area contributed by atoms with Crippen LogP contribution >= 0.6 is 0 Å². The highest BCUT2D eigenvalue weighted by Gasteiger charge is 2.08. The maximum atomic E-state index is 4.66. The van der Waals surface area contributed by atoms with Crippen LogP contribution in [0, 0.1) is 20.8 Å². The van der Waals surface area contributed by atoms with E-state index in [2.05, 4.69) is 83.0 Å². The van der Waals surface area contributed by atoms with E-state index in [1.54, 1.807) is 0 Å². The van der Waals surface area contributed by atoms with Crippen LogP contribution in [0.3, 0.4) is 0 Å². The van der Waals surface area contributed by atoms with Crippen LogP contribution in [0.4, 0.5) is 0 Å². The first-order chi connectivity index (χ1) is 13.6. The van der Waals surface area contributed by atoms with Gasteiger partial charge < -0.3 is 4.57 Å². The average Bonchev–Trinajstić information content (AvgIpc) is 3.08. The van der Waals surface area contributed by atoms with Crippen molar-refractivity contribution >= 4 is 0 Å². The Morgan fingerprint density at radius 2 is 1.71 bits per heavy atom. The van der Waals surface area contributed by atoms with Crippen LogP contribution in [-0.4, -0.2) is 14.5 Å². The summed E-state index contributed by atoms with van der Waals surface area (Å²) >= 11 is 0. The molecule has 0 N–H and O–H groups in total. The zero-order valence-corrected chi connectivity index (χ0v) is 16.7. The van der Waals surface area contributed by atoms with E-state index in [4.69, 9.17) is 0 Å². The van der Waals surface area contributed by atoms with Crippen molar-refractivity contribution in [2.45, 2.75) is 33.7 Å².